The molecule has 0 aliphatic rings. The highest BCUT2D eigenvalue weighted by molar-refractivity contribution is 7.47. The van der Waals surface area contributed by atoms with Crippen LogP contribution in [0.5, 0.6) is 0 Å². The van der Waals surface area contributed by atoms with Crippen LogP contribution in [0.2, 0.25) is 0 Å². The first-order chi connectivity index (χ1) is 21.8. The molecule has 262 valence electrons. The van der Waals surface area contributed by atoms with Crippen molar-refractivity contribution in [3.63, 3.8) is 0 Å². The average molecular weight is 658 g/mol. The molecule has 3 N–H and O–H groups in total. The number of allylic oxidation sites excluding steroid dienone is 6. The number of hydrogen-bond acceptors (Lipinski definition) is 8. The SMILES string of the molecule is CC/C=C\C/C=C\C/C=C\CCCCCCCC(=O)OC[C@H](COP(=O)(O)OCCN)OC(=O)CCCCCCCCCCC. The second-order valence-electron chi connectivity index (χ2n) is 11.4. The van der Waals surface area contributed by atoms with Crippen LogP contribution in [0.4, 0.5) is 0 Å². The fraction of sp³-hybridized carbons (Fsp3) is 0.771. The number of carbonyl (C=O) groups is 2. The second-order valence-corrected chi connectivity index (χ2v) is 12.8. The van der Waals surface area contributed by atoms with E-state index >= 15 is 0 Å². The summed E-state index contributed by atoms with van der Waals surface area (Å²) in [4.78, 5) is 34.5. The standard InChI is InChI=1S/C35H64NO8P/c1-3-5-7-9-11-13-14-15-16-17-18-20-21-23-25-27-34(37)41-31-33(32-43-45(39,40)42-30-29-36)44-35(38)28-26-24-22-19-12-10-8-6-4-2/h5,7,11,13,15-16,33H,3-4,6,8-10,12,14,17-32,36H2,1-2H3,(H,39,40)/b7-5-,13-11-,16-15-/t33-/m1/s1. The molecule has 0 amide bonds. The van der Waals surface area contributed by atoms with Gasteiger partial charge >= 0.3 is 19.8 Å². The van der Waals surface area contributed by atoms with Crippen molar-refractivity contribution in [3.8, 4) is 0 Å². The number of nitrogens with two attached hydrogens (primary N) is 1. The molecule has 0 heterocycles. The zero-order chi connectivity index (χ0) is 33.3. The summed E-state index contributed by atoms with van der Waals surface area (Å²) in [6.45, 7) is 3.55. The van der Waals surface area contributed by atoms with Crippen molar-refractivity contribution in [3.05, 3.63) is 36.5 Å². The van der Waals surface area contributed by atoms with Crippen molar-refractivity contribution < 1.29 is 37.6 Å². The summed E-state index contributed by atoms with van der Waals surface area (Å²) in [5.41, 5.74) is 5.31. The van der Waals surface area contributed by atoms with Crippen LogP contribution in [0.3, 0.4) is 0 Å². The third-order valence-corrected chi connectivity index (χ3v) is 8.02. The van der Waals surface area contributed by atoms with Gasteiger partial charge in [-0.15, -0.1) is 0 Å². The molecule has 0 aromatic carbocycles. The summed E-state index contributed by atoms with van der Waals surface area (Å²) in [6.07, 6.45) is 31.8. The van der Waals surface area contributed by atoms with Crippen LogP contribution in [0.1, 0.15) is 142 Å². The summed E-state index contributed by atoms with van der Waals surface area (Å²) in [7, 11) is -4.37. The van der Waals surface area contributed by atoms with E-state index in [-0.39, 0.29) is 32.6 Å². The predicted molar refractivity (Wildman–Crippen MR) is 183 cm³/mol. The molecule has 0 radical (unpaired) electrons. The molecule has 1 unspecified atom stereocenters. The lowest BCUT2D eigenvalue weighted by Crippen LogP contribution is -2.29. The Bertz CT molecular complexity index is 846. The quantitative estimate of drug-likeness (QED) is 0.0314. The normalized spacial score (nSPS) is 14.0. The number of carbonyl (C=O) groups excluding carboxylic acids is 2. The number of esters is 2. The van der Waals surface area contributed by atoms with Gasteiger partial charge in [0, 0.05) is 19.4 Å². The Labute approximate surface area is 274 Å². The minimum atomic E-state index is -4.37. The molecule has 0 aliphatic heterocycles. The monoisotopic (exact) mass is 657 g/mol. The highest BCUT2D eigenvalue weighted by atomic mass is 31.2. The Morgan fingerprint density at radius 1 is 0.689 bits per heavy atom. The van der Waals surface area contributed by atoms with Gasteiger partial charge in [0.2, 0.25) is 0 Å². The van der Waals surface area contributed by atoms with Crippen LogP contribution in [-0.2, 0) is 32.7 Å². The first kappa shape index (κ1) is 43.2. The lowest BCUT2D eigenvalue weighted by atomic mass is 10.1. The smallest absolute Gasteiger partial charge is 0.462 e. The zero-order valence-electron chi connectivity index (χ0n) is 28.3. The van der Waals surface area contributed by atoms with Crippen LogP contribution >= 0.6 is 7.82 Å². The average Bonchev–Trinajstić information content (AvgIpc) is 3.02. The molecule has 45 heavy (non-hydrogen) atoms. The Morgan fingerprint density at radius 3 is 1.82 bits per heavy atom. The van der Waals surface area contributed by atoms with E-state index in [2.05, 4.69) is 50.3 Å². The van der Waals surface area contributed by atoms with Gasteiger partial charge in [-0.2, -0.15) is 0 Å². The Hall–Kier alpha value is -1.77. The number of phosphoric acid groups is 1. The van der Waals surface area contributed by atoms with E-state index in [1.54, 1.807) is 0 Å². The maximum Gasteiger partial charge on any atom is 0.472 e. The van der Waals surface area contributed by atoms with Crippen molar-refractivity contribution >= 4 is 19.8 Å². The molecule has 0 spiro atoms. The molecule has 0 rings (SSSR count). The minimum absolute atomic E-state index is 0.0508. The number of hydrogen-bond donors (Lipinski definition) is 2. The molecule has 0 aliphatic carbocycles. The predicted octanol–water partition coefficient (Wildman–Crippen LogP) is 9.04. The number of ether oxygens (including phenoxy) is 2. The number of unbranched alkanes of at least 4 members (excludes halogenated alkanes) is 13. The second kappa shape index (κ2) is 32.2. The van der Waals surface area contributed by atoms with Gasteiger partial charge in [-0.25, -0.2) is 4.57 Å². The van der Waals surface area contributed by atoms with Gasteiger partial charge in [0.25, 0.3) is 0 Å². The van der Waals surface area contributed by atoms with Crippen LogP contribution < -0.4 is 5.73 Å². The zero-order valence-corrected chi connectivity index (χ0v) is 29.2. The van der Waals surface area contributed by atoms with Crippen molar-refractivity contribution in [1.29, 1.82) is 0 Å². The lowest BCUT2D eigenvalue weighted by molar-refractivity contribution is -0.161. The summed E-state index contributed by atoms with van der Waals surface area (Å²) in [5.74, 6) is -0.855. The van der Waals surface area contributed by atoms with E-state index in [0.29, 0.717) is 12.8 Å². The molecule has 9 nitrogen and oxygen atoms in total. The molecular weight excluding hydrogens is 593 g/mol. The van der Waals surface area contributed by atoms with Gasteiger partial charge in [-0.1, -0.05) is 121 Å². The highest BCUT2D eigenvalue weighted by Gasteiger charge is 2.25. The van der Waals surface area contributed by atoms with Crippen molar-refractivity contribution in [2.45, 2.75) is 148 Å². The van der Waals surface area contributed by atoms with Gasteiger partial charge in [0.1, 0.15) is 6.61 Å². The summed E-state index contributed by atoms with van der Waals surface area (Å²) >= 11 is 0. The van der Waals surface area contributed by atoms with Crippen molar-refractivity contribution in [2.24, 2.45) is 5.73 Å². The van der Waals surface area contributed by atoms with Gasteiger partial charge in [-0.3, -0.25) is 18.6 Å². The molecule has 0 bridgehead atoms. The van der Waals surface area contributed by atoms with E-state index < -0.39 is 32.5 Å². The van der Waals surface area contributed by atoms with Gasteiger partial charge < -0.3 is 20.1 Å². The van der Waals surface area contributed by atoms with E-state index in [0.717, 1.165) is 70.6 Å². The van der Waals surface area contributed by atoms with Gasteiger partial charge in [0.15, 0.2) is 6.10 Å². The fourth-order valence-corrected chi connectivity index (χ4v) is 5.24. The first-order valence-corrected chi connectivity index (χ1v) is 19.0. The number of rotatable bonds is 32. The molecule has 10 heteroatoms. The fourth-order valence-electron chi connectivity index (χ4n) is 4.47. The van der Waals surface area contributed by atoms with Crippen molar-refractivity contribution in [1.82, 2.24) is 0 Å². The third kappa shape index (κ3) is 32.0. The highest BCUT2D eigenvalue weighted by Crippen LogP contribution is 2.43. The molecule has 0 aromatic rings. The maximum atomic E-state index is 12.4. The summed E-state index contributed by atoms with van der Waals surface area (Å²) < 4.78 is 32.5. The third-order valence-electron chi connectivity index (χ3n) is 7.04. The maximum absolute atomic E-state index is 12.4. The Kier molecular flexibility index (Phi) is 30.9. The summed E-state index contributed by atoms with van der Waals surface area (Å²) in [6, 6.07) is 0. The van der Waals surface area contributed by atoms with Crippen molar-refractivity contribution in [2.75, 3.05) is 26.4 Å². The van der Waals surface area contributed by atoms with Gasteiger partial charge in [-0.05, 0) is 44.9 Å². The molecular formula is C35H64NO8P. The first-order valence-electron chi connectivity index (χ1n) is 17.5. The van der Waals surface area contributed by atoms with Crippen LogP contribution in [-0.4, -0.2) is 49.3 Å². The lowest BCUT2D eigenvalue weighted by Gasteiger charge is -2.19. The molecule has 0 saturated heterocycles. The molecule has 2 atom stereocenters. The van der Waals surface area contributed by atoms with E-state index in [1.165, 1.54) is 32.1 Å². The van der Waals surface area contributed by atoms with E-state index in [1.807, 2.05) is 0 Å². The van der Waals surface area contributed by atoms with Crippen LogP contribution in [0.25, 0.3) is 0 Å². The largest absolute Gasteiger partial charge is 0.472 e. The minimum Gasteiger partial charge on any atom is -0.462 e. The molecule has 0 fully saturated rings. The van der Waals surface area contributed by atoms with Crippen LogP contribution in [0, 0.1) is 0 Å². The Balaban J connectivity index is 4.27. The molecule has 0 saturated carbocycles. The topological polar surface area (TPSA) is 134 Å². The Morgan fingerprint density at radius 2 is 1.22 bits per heavy atom. The van der Waals surface area contributed by atoms with Gasteiger partial charge in [0.05, 0.1) is 13.2 Å². The summed E-state index contributed by atoms with van der Waals surface area (Å²) in [5, 5.41) is 0. The number of phosphoric ester groups is 1. The van der Waals surface area contributed by atoms with E-state index in [4.69, 9.17) is 24.3 Å². The van der Waals surface area contributed by atoms with E-state index in [9.17, 15) is 19.0 Å². The molecule has 0 aromatic heterocycles. The van der Waals surface area contributed by atoms with Crippen LogP contribution in [0.15, 0.2) is 36.5 Å².